The molecule has 0 spiro atoms. The van der Waals surface area contributed by atoms with Crippen LogP contribution < -0.4 is 9.47 Å². The van der Waals surface area contributed by atoms with Crippen LogP contribution in [-0.4, -0.2) is 34.0 Å². The first-order valence-electron chi connectivity index (χ1n) is 9.78. The lowest BCUT2D eigenvalue weighted by Crippen LogP contribution is -2.27. The third kappa shape index (κ3) is 4.84. The number of amides is 2. The number of methoxy groups -OCH3 is 1. The van der Waals surface area contributed by atoms with Gasteiger partial charge in [0.1, 0.15) is 0 Å². The summed E-state index contributed by atoms with van der Waals surface area (Å²) in [5.74, 6) is -0.733. The average Bonchev–Trinajstić information content (AvgIpc) is 3.45. The van der Waals surface area contributed by atoms with Crippen LogP contribution in [0.1, 0.15) is 21.7 Å². The molecule has 0 radical (unpaired) electrons. The molecule has 1 aromatic heterocycles. The highest BCUT2D eigenvalue weighted by Gasteiger charge is 2.35. The molecule has 1 aliphatic heterocycles. The van der Waals surface area contributed by atoms with E-state index in [9.17, 15) is 24.5 Å². The molecule has 0 N–H and O–H groups in total. The van der Waals surface area contributed by atoms with E-state index in [1.807, 2.05) is 0 Å². The van der Waals surface area contributed by atoms with Gasteiger partial charge in [0.25, 0.3) is 16.8 Å². The first-order valence-corrected chi connectivity index (χ1v) is 10.6. The number of furan rings is 1. The minimum atomic E-state index is -0.691. The molecule has 3 aromatic rings. The van der Waals surface area contributed by atoms with Crippen molar-refractivity contribution in [3.8, 4) is 11.5 Å². The summed E-state index contributed by atoms with van der Waals surface area (Å²) in [6, 6.07) is 13.3. The van der Waals surface area contributed by atoms with Gasteiger partial charge in [-0.25, -0.2) is 4.79 Å². The van der Waals surface area contributed by atoms with Crippen molar-refractivity contribution in [1.29, 1.82) is 0 Å². The second-order valence-corrected chi connectivity index (χ2v) is 7.96. The lowest BCUT2D eigenvalue weighted by atomic mass is 10.1. The molecule has 0 unspecified atom stereocenters. The van der Waals surface area contributed by atoms with Crippen LogP contribution in [0.2, 0.25) is 0 Å². The van der Waals surface area contributed by atoms with Gasteiger partial charge in [-0.15, -0.1) is 0 Å². The van der Waals surface area contributed by atoms with Crippen molar-refractivity contribution in [2.75, 3.05) is 7.11 Å². The van der Waals surface area contributed by atoms with Gasteiger partial charge in [-0.05, 0) is 53.2 Å². The van der Waals surface area contributed by atoms with Gasteiger partial charge in [-0.3, -0.25) is 24.6 Å². The molecule has 34 heavy (non-hydrogen) atoms. The Labute approximate surface area is 196 Å². The lowest BCUT2D eigenvalue weighted by Gasteiger charge is -2.12. The number of hydrogen-bond acceptors (Lipinski definition) is 9. The van der Waals surface area contributed by atoms with E-state index in [2.05, 4.69) is 0 Å². The van der Waals surface area contributed by atoms with Gasteiger partial charge < -0.3 is 13.9 Å². The average molecular weight is 480 g/mol. The molecular weight excluding hydrogens is 464 g/mol. The molecule has 2 amide bonds. The first kappa shape index (κ1) is 22.8. The first-order chi connectivity index (χ1) is 16.4. The van der Waals surface area contributed by atoms with E-state index < -0.39 is 22.0 Å². The van der Waals surface area contributed by atoms with E-state index in [1.165, 1.54) is 55.8 Å². The fourth-order valence-corrected chi connectivity index (χ4v) is 3.93. The van der Waals surface area contributed by atoms with Crippen LogP contribution in [0.15, 0.2) is 70.2 Å². The van der Waals surface area contributed by atoms with Crippen LogP contribution in [0.5, 0.6) is 11.5 Å². The molecule has 1 saturated heterocycles. The third-order valence-corrected chi connectivity index (χ3v) is 5.68. The number of rotatable bonds is 7. The summed E-state index contributed by atoms with van der Waals surface area (Å²) in [4.78, 5) is 48.8. The molecule has 0 bridgehead atoms. The Morgan fingerprint density at radius 2 is 1.91 bits per heavy atom. The Hall–Kier alpha value is -4.38. The topological polar surface area (TPSA) is 129 Å². The van der Waals surface area contributed by atoms with E-state index in [4.69, 9.17) is 13.9 Å². The highest BCUT2D eigenvalue weighted by Crippen LogP contribution is 2.35. The summed E-state index contributed by atoms with van der Waals surface area (Å²) < 4.78 is 15.6. The van der Waals surface area contributed by atoms with Gasteiger partial charge in [0, 0.05) is 12.1 Å². The highest BCUT2D eigenvalue weighted by molar-refractivity contribution is 8.18. The maximum Gasteiger partial charge on any atom is 0.379 e. The highest BCUT2D eigenvalue weighted by atomic mass is 32.2. The molecule has 4 rings (SSSR count). The predicted octanol–water partition coefficient (Wildman–Crippen LogP) is 4.65. The zero-order valence-electron chi connectivity index (χ0n) is 17.6. The fraction of sp³-hybridized carbons (Fsp3) is 0.0870. The summed E-state index contributed by atoms with van der Waals surface area (Å²) >= 11 is 0.782. The van der Waals surface area contributed by atoms with Crippen molar-refractivity contribution in [3.05, 3.63) is 92.8 Å². The third-order valence-electron chi connectivity index (χ3n) is 4.77. The number of non-ortho nitro benzene ring substituents is 1. The maximum absolute atomic E-state index is 12.8. The largest absolute Gasteiger partial charge is 0.493 e. The van der Waals surface area contributed by atoms with Gasteiger partial charge in [-0.1, -0.05) is 18.2 Å². The van der Waals surface area contributed by atoms with Crippen LogP contribution >= 0.6 is 11.8 Å². The van der Waals surface area contributed by atoms with Crippen molar-refractivity contribution in [2.24, 2.45) is 0 Å². The summed E-state index contributed by atoms with van der Waals surface area (Å²) in [6.07, 6.45) is 2.88. The van der Waals surface area contributed by atoms with Crippen molar-refractivity contribution in [3.63, 3.8) is 0 Å². The van der Waals surface area contributed by atoms with Gasteiger partial charge in [0.2, 0.25) is 5.76 Å². The molecular formula is C23H16N2O8S. The number of nitrogens with zero attached hydrogens (tertiary/aromatic N) is 2. The van der Waals surface area contributed by atoms with Crippen LogP contribution in [0.4, 0.5) is 10.5 Å². The molecule has 0 atom stereocenters. The number of carbonyl (C=O) groups excluding carboxylic acids is 3. The SMILES string of the molecule is COc1cc(/C=C2\SC(=O)N(Cc3ccc([N+](=O)[O-])cc3)C2=O)ccc1OC(=O)c1ccco1. The van der Waals surface area contributed by atoms with Crippen LogP contribution in [0, 0.1) is 10.1 Å². The molecule has 1 fully saturated rings. The number of hydrogen-bond donors (Lipinski definition) is 0. The van der Waals surface area contributed by atoms with Crippen LogP contribution in [0.25, 0.3) is 6.08 Å². The quantitative estimate of drug-likeness (QED) is 0.156. The fourth-order valence-electron chi connectivity index (χ4n) is 3.10. The normalized spacial score (nSPS) is 14.5. The van der Waals surface area contributed by atoms with Crippen LogP contribution in [-0.2, 0) is 11.3 Å². The Balaban J connectivity index is 1.50. The van der Waals surface area contributed by atoms with Gasteiger partial charge in [-0.2, -0.15) is 0 Å². The number of thioether (sulfide) groups is 1. The summed E-state index contributed by atoms with van der Waals surface area (Å²) in [5.41, 5.74) is 1.05. The molecule has 10 nitrogen and oxygen atoms in total. The van der Waals surface area contributed by atoms with Crippen molar-refractivity contribution >= 4 is 40.6 Å². The van der Waals surface area contributed by atoms with Crippen LogP contribution in [0.3, 0.4) is 0 Å². The molecule has 172 valence electrons. The van der Waals surface area contributed by atoms with E-state index >= 15 is 0 Å². The Morgan fingerprint density at radius 1 is 1.15 bits per heavy atom. The number of nitro groups is 1. The molecule has 0 aliphatic carbocycles. The van der Waals surface area contributed by atoms with E-state index in [-0.39, 0.29) is 34.4 Å². The standard InChI is InChI=1S/C23H16N2O8S/c1-31-19-11-15(6-9-17(19)33-22(27)18-3-2-10-32-18)12-20-21(26)24(23(28)34-20)13-14-4-7-16(8-5-14)25(29)30/h2-12H,13H2,1H3/b20-12-. The Bertz CT molecular complexity index is 1300. The lowest BCUT2D eigenvalue weighted by molar-refractivity contribution is -0.384. The summed E-state index contributed by atoms with van der Waals surface area (Å²) in [7, 11) is 1.40. The number of carbonyl (C=O) groups is 3. The second-order valence-electron chi connectivity index (χ2n) is 6.97. The zero-order chi connectivity index (χ0) is 24.2. The monoisotopic (exact) mass is 480 g/mol. The van der Waals surface area contributed by atoms with Crippen molar-refractivity contribution in [2.45, 2.75) is 6.54 Å². The summed E-state index contributed by atoms with van der Waals surface area (Å²) in [6.45, 7) is -0.00894. The maximum atomic E-state index is 12.8. The minimum Gasteiger partial charge on any atom is -0.493 e. The van der Waals surface area contributed by atoms with Gasteiger partial charge in [0.05, 0.1) is 29.7 Å². The molecule has 1 aliphatic rings. The van der Waals surface area contributed by atoms with E-state index in [0.717, 1.165) is 16.7 Å². The van der Waals surface area contributed by atoms with E-state index in [1.54, 1.807) is 18.2 Å². The molecule has 2 aromatic carbocycles. The van der Waals surface area contributed by atoms with Crippen molar-refractivity contribution < 1.29 is 33.2 Å². The zero-order valence-corrected chi connectivity index (χ0v) is 18.4. The van der Waals surface area contributed by atoms with Gasteiger partial charge in [0.15, 0.2) is 11.5 Å². The Morgan fingerprint density at radius 3 is 2.56 bits per heavy atom. The Kier molecular flexibility index (Phi) is 6.46. The number of benzene rings is 2. The molecule has 11 heteroatoms. The number of ether oxygens (including phenoxy) is 2. The second kappa shape index (κ2) is 9.63. The summed E-state index contributed by atoms with van der Waals surface area (Å²) in [5, 5.41) is 10.3. The minimum absolute atomic E-state index is 0.00894. The van der Waals surface area contributed by atoms with Gasteiger partial charge >= 0.3 is 5.97 Å². The number of nitro benzene ring substituents is 1. The predicted molar refractivity (Wildman–Crippen MR) is 121 cm³/mol. The van der Waals surface area contributed by atoms with Crippen molar-refractivity contribution in [1.82, 2.24) is 4.90 Å². The smallest absolute Gasteiger partial charge is 0.379 e. The molecule has 2 heterocycles. The molecule has 0 saturated carbocycles. The number of imide groups is 1. The van der Waals surface area contributed by atoms with E-state index in [0.29, 0.717) is 11.1 Å². The number of esters is 1.